The molecule has 0 unspecified atom stereocenters. The number of anilines is 2. The first kappa shape index (κ1) is 24.0. The third-order valence-electron chi connectivity index (χ3n) is 5.30. The Morgan fingerprint density at radius 3 is 2.29 bits per heavy atom. The number of hydrogen-bond donors (Lipinski definition) is 2. The number of imide groups is 1. The van der Waals surface area contributed by atoms with Crippen molar-refractivity contribution in [3.63, 3.8) is 0 Å². The van der Waals surface area contributed by atoms with Crippen LogP contribution in [0.1, 0.15) is 34.1 Å². The molecule has 0 aromatic heterocycles. The summed E-state index contributed by atoms with van der Waals surface area (Å²) >= 11 is 1.28. The zero-order valence-electron chi connectivity index (χ0n) is 18.8. The van der Waals surface area contributed by atoms with Crippen molar-refractivity contribution < 1.29 is 29.0 Å². The van der Waals surface area contributed by atoms with E-state index in [4.69, 9.17) is 4.74 Å². The molecule has 8 nitrogen and oxygen atoms in total. The van der Waals surface area contributed by atoms with E-state index in [0.29, 0.717) is 23.7 Å². The van der Waals surface area contributed by atoms with E-state index < -0.39 is 17.1 Å². The molecule has 9 heteroatoms. The van der Waals surface area contributed by atoms with Crippen molar-refractivity contribution in [2.45, 2.75) is 23.5 Å². The summed E-state index contributed by atoms with van der Waals surface area (Å²) in [6.07, 6.45) is 0.0845. The molecule has 0 radical (unpaired) electrons. The number of thioether (sulfide) groups is 1. The van der Waals surface area contributed by atoms with Gasteiger partial charge in [-0.05, 0) is 67.6 Å². The third kappa shape index (κ3) is 5.36. The first-order chi connectivity index (χ1) is 16.9. The average molecular weight is 491 g/mol. The summed E-state index contributed by atoms with van der Waals surface area (Å²) in [6.45, 7) is 2.40. The van der Waals surface area contributed by atoms with E-state index in [1.807, 2.05) is 6.92 Å². The summed E-state index contributed by atoms with van der Waals surface area (Å²) in [7, 11) is 0. The van der Waals surface area contributed by atoms with Crippen LogP contribution in [0.5, 0.6) is 5.75 Å². The van der Waals surface area contributed by atoms with Crippen molar-refractivity contribution in [1.82, 2.24) is 0 Å². The van der Waals surface area contributed by atoms with Gasteiger partial charge in [-0.2, -0.15) is 0 Å². The Hall–Kier alpha value is -4.11. The number of ether oxygens (including phenoxy) is 1. The standard InChI is InChI=1S/C26H22N2O6S/c1-2-34-18-11-9-17(10-12-18)28-23(29)15-22(25(28)31)35-19-13-7-16(8-14-19)27-24(30)20-5-3-4-6-21(20)26(32)33/h3-14,22H,2,15H2,1H3,(H,27,30)(H,32,33)/t22-/m0/s1. The molecule has 1 aliphatic heterocycles. The molecule has 1 fully saturated rings. The maximum Gasteiger partial charge on any atom is 0.336 e. The second kappa shape index (κ2) is 10.4. The van der Waals surface area contributed by atoms with E-state index >= 15 is 0 Å². The summed E-state index contributed by atoms with van der Waals surface area (Å²) in [5.41, 5.74) is 0.956. The summed E-state index contributed by atoms with van der Waals surface area (Å²) < 4.78 is 5.41. The molecule has 0 saturated carbocycles. The average Bonchev–Trinajstić information content (AvgIpc) is 3.13. The minimum atomic E-state index is -1.18. The number of hydrogen-bond acceptors (Lipinski definition) is 6. The highest BCUT2D eigenvalue weighted by Crippen LogP contribution is 2.35. The molecule has 3 aromatic carbocycles. The van der Waals surface area contributed by atoms with Crippen LogP contribution in [0.2, 0.25) is 0 Å². The molecular weight excluding hydrogens is 468 g/mol. The zero-order valence-corrected chi connectivity index (χ0v) is 19.6. The SMILES string of the molecule is CCOc1ccc(N2C(=O)C[C@H](Sc3ccc(NC(=O)c4ccccc4C(=O)O)cc3)C2=O)cc1. The molecule has 4 rings (SSSR count). The first-order valence-electron chi connectivity index (χ1n) is 10.9. The van der Waals surface area contributed by atoms with Gasteiger partial charge in [-0.3, -0.25) is 14.4 Å². The summed E-state index contributed by atoms with van der Waals surface area (Å²) in [5, 5.41) is 11.4. The molecule has 1 saturated heterocycles. The van der Waals surface area contributed by atoms with Gasteiger partial charge in [0.1, 0.15) is 5.75 Å². The van der Waals surface area contributed by atoms with Crippen molar-refractivity contribution in [3.05, 3.63) is 83.9 Å². The smallest absolute Gasteiger partial charge is 0.336 e. The summed E-state index contributed by atoms with van der Waals surface area (Å²) in [5.74, 6) is -1.60. The lowest BCUT2D eigenvalue weighted by Gasteiger charge is -2.15. The van der Waals surface area contributed by atoms with Gasteiger partial charge in [0.2, 0.25) is 11.8 Å². The highest BCUT2D eigenvalue weighted by Gasteiger charge is 2.40. The van der Waals surface area contributed by atoms with Crippen molar-refractivity contribution in [1.29, 1.82) is 0 Å². The Balaban J connectivity index is 1.41. The molecule has 0 spiro atoms. The van der Waals surface area contributed by atoms with Crippen LogP contribution < -0.4 is 15.0 Å². The summed E-state index contributed by atoms with van der Waals surface area (Å²) in [4.78, 5) is 51.3. The molecule has 1 atom stereocenters. The number of nitrogens with zero attached hydrogens (tertiary/aromatic N) is 1. The highest BCUT2D eigenvalue weighted by atomic mass is 32.2. The lowest BCUT2D eigenvalue weighted by molar-refractivity contribution is -0.121. The molecule has 1 aliphatic rings. The number of carboxylic acid groups (broad SMARTS) is 1. The summed E-state index contributed by atoms with van der Waals surface area (Å²) in [6, 6.07) is 19.6. The van der Waals surface area contributed by atoms with Crippen LogP contribution in [0.4, 0.5) is 11.4 Å². The van der Waals surface area contributed by atoms with E-state index in [1.54, 1.807) is 60.7 Å². The molecule has 3 aromatic rings. The van der Waals surface area contributed by atoms with Gasteiger partial charge in [0.15, 0.2) is 0 Å². The molecule has 35 heavy (non-hydrogen) atoms. The number of carbonyl (C=O) groups excluding carboxylic acids is 3. The maximum absolute atomic E-state index is 12.9. The van der Waals surface area contributed by atoms with Crippen LogP contribution in [0.25, 0.3) is 0 Å². The molecule has 2 N–H and O–H groups in total. The predicted molar refractivity (Wildman–Crippen MR) is 132 cm³/mol. The van der Waals surface area contributed by atoms with E-state index in [-0.39, 0.29) is 29.4 Å². The Kier molecular flexibility index (Phi) is 7.17. The number of amides is 3. The van der Waals surface area contributed by atoms with Crippen molar-refractivity contribution in [2.24, 2.45) is 0 Å². The van der Waals surface area contributed by atoms with Gasteiger partial charge in [-0.25, -0.2) is 9.69 Å². The lowest BCUT2D eigenvalue weighted by Crippen LogP contribution is -2.31. The van der Waals surface area contributed by atoms with Crippen LogP contribution in [-0.4, -0.2) is 40.7 Å². The van der Waals surface area contributed by atoms with Crippen LogP contribution in [-0.2, 0) is 9.59 Å². The minimum absolute atomic E-state index is 0.0582. The topological polar surface area (TPSA) is 113 Å². The quantitative estimate of drug-likeness (QED) is 0.448. The number of nitrogens with one attached hydrogen (secondary N) is 1. The Morgan fingerprint density at radius 2 is 1.66 bits per heavy atom. The molecule has 3 amide bonds. The van der Waals surface area contributed by atoms with E-state index in [9.17, 15) is 24.3 Å². The fraction of sp³-hybridized carbons (Fsp3) is 0.154. The zero-order chi connectivity index (χ0) is 24.9. The van der Waals surface area contributed by atoms with Gasteiger partial charge >= 0.3 is 5.97 Å². The van der Waals surface area contributed by atoms with Gasteiger partial charge in [0.05, 0.1) is 28.7 Å². The van der Waals surface area contributed by atoms with Gasteiger partial charge in [0.25, 0.3) is 5.91 Å². The minimum Gasteiger partial charge on any atom is -0.494 e. The largest absolute Gasteiger partial charge is 0.494 e. The number of aromatic carboxylic acids is 1. The lowest BCUT2D eigenvalue weighted by atomic mass is 10.1. The number of benzene rings is 3. The molecular formula is C26H22N2O6S. The molecule has 1 heterocycles. The predicted octanol–water partition coefficient (Wildman–Crippen LogP) is 4.46. The second-order valence-corrected chi connectivity index (χ2v) is 8.91. The van der Waals surface area contributed by atoms with Gasteiger partial charge < -0.3 is 15.2 Å². The van der Waals surface area contributed by atoms with Crippen molar-refractivity contribution in [2.75, 3.05) is 16.8 Å². The van der Waals surface area contributed by atoms with Crippen LogP contribution in [0, 0.1) is 0 Å². The Morgan fingerprint density at radius 1 is 1.00 bits per heavy atom. The van der Waals surface area contributed by atoms with Gasteiger partial charge in [-0.15, -0.1) is 11.8 Å². The van der Waals surface area contributed by atoms with E-state index in [2.05, 4.69) is 5.32 Å². The van der Waals surface area contributed by atoms with E-state index in [1.165, 1.54) is 28.8 Å². The van der Waals surface area contributed by atoms with E-state index in [0.717, 1.165) is 4.90 Å². The first-order valence-corrected chi connectivity index (χ1v) is 11.8. The number of carbonyl (C=O) groups is 4. The highest BCUT2D eigenvalue weighted by molar-refractivity contribution is 8.00. The Bertz CT molecular complexity index is 1270. The fourth-order valence-electron chi connectivity index (χ4n) is 3.67. The van der Waals surface area contributed by atoms with Crippen LogP contribution in [0.3, 0.4) is 0 Å². The van der Waals surface area contributed by atoms with Crippen LogP contribution >= 0.6 is 11.8 Å². The van der Waals surface area contributed by atoms with Crippen molar-refractivity contribution >= 4 is 46.8 Å². The van der Waals surface area contributed by atoms with Gasteiger partial charge in [-0.1, -0.05) is 12.1 Å². The normalized spacial score (nSPS) is 15.2. The molecule has 0 aliphatic carbocycles. The van der Waals surface area contributed by atoms with Crippen molar-refractivity contribution in [3.8, 4) is 5.75 Å². The third-order valence-corrected chi connectivity index (χ3v) is 6.50. The molecule has 178 valence electrons. The van der Waals surface area contributed by atoms with Crippen LogP contribution in [0.15, 0.2) is 77.7 Å². The second-order valence-electron chi connectivity index (χ2n) is 7.63. The Labute approximate surface area is 205 Å². The van der Waals surface area contributed by atoms with Gasteiger partial charge in [0, 0.05) is 17.0 Å². The number of carboxylic acids is 1. The fourth-order valence-corrected chi connectivity index (χ4v) is 4.73. The molecule has 0 bridgehead atoms. The number of rotatable bonds is 8. The monoisotopic (exact) mass is 490 g/mol. The maximum atomic E-state index is 12.9.